The Kier molecular flexibility index (Phi) is 3.20. The molecule has 1 aromatic heterocycles. The summed E-state index contributed by atoms with van der Waals surface area (Å²) in [6, 6.07) is 8.77. The minimum atomic E-state index is 0.516. The standard InChI is InChI=1S/C14H19N3S/c1-2-18-13-9-5-8-12(13)17-11-7-4-3-6-10(11)16-14(17)15/h3-4,6-7,12-13H,2,5,8-9H2,1H3,(H2,15,16). The number of para-hydroxylation sites is 2. The Hall–Kier alpha value is -1.16. The van der Waals surface area contributed by atoms with Gasteiger partial charge >= 0.3 is 0 Å². The van der Waals surface area contributed by atoms with Crippen LogP contribution in [0.25, 0.3) is 11.0 Å². The smallest absolute Gasteiger partial charge is 0.201 e. The highest BCUT2D eigenvalue weighted by Gasteiger charge is 2.30. The number of hydrogen-bond acceptors (Lipinski definition) is 3. The van der Waals surface area contributed by atoms with Gasteiger partial charge in [0, 0.05) is 11.3 Å². The largest absolute Gasteiger partial charge is 0.369 e. The molecular formula is C14H19N3S. The first-order chi connectivity index (χ1) is 8.81. The van der Waals surface area contributed by atoms with E-state index < -0.39 is 0 Å². The number of nitrogen functional groups attached to an aromatic ring is 1. The van der Waals surface area contributed by atoms with Crippen LogP contribution in [0.4, 0.5) is 5.95 Å². The molecule has 18 heavy (non-hydrogen) atoms. The molecule has 2 aromatic rings. The third kappa shape index (κ3) is 1.88. The van der Waals surface area contributed by atoms with Crippen LogP contribution in [0.2, 0.25) is 0 Å². The van der Waals surface area contributed by atoms with Crippen molar-refractivity contribution < 1.29 is 0 Å². The summed E-state index contributed by atoms with van der Waals surface area (Å²) < 4.78 is 2.26. The molecule has 3 rings (SSSR count). The minimum Gasteiger partial charge on any atom is -0.369 e. The molecule has 1 saturated carbocycles. The van der Waals surface area contributed by atoms with Crippen molar-refractivity contribution in [2.75, 3.05) is 11.5 Å². The number of thioether (sulfide) groups is 1. The monoisotopic (exact) mass is 261 g/mol. The van der Waals surface area contributed by atoms with E-state index in [2.05, 4.69) is 40.4 Å². The van der Waals surface area contributed by atoms with Crippen LogP contribution in [0.1, 0.15) is 32.2 Å². The summed E-state index contributed by atoms with van der Waals surface area (Å²) in [5.41, 5.74) is 8.33. The molecule has 0 amide bonds. The van der Waals surface area contributed by atoms with Gasteiger partial charge in [0.1, 0.15) is 0 Å². The predicted molar refractivity (Wildman–Crippen MR) is 79.0 cm³/mol. The Morgan fingerprint density at radius 1 is 1.39 bits per heavy atom. The number of rotatable bonds is 3. The van der Waals surface area contributed by atoms with Gasteiger partial charge in [-0.05, 0) is 30.7 Å². The van der Waals surface area contributed by atoms with Crippen molar-refractivity contribution in [1.82, 2.24) is 9.55 Å². The van der Waals surface area contributed by atoms with Gasteiger partial charge in [-0.1, -0.05) is 25.5 Å². The number of anilines is 1. The van der Waals surface area contributed by atoms with E-state index in [4.69, 9.17) is 5.73 Å². The van der Waals surface area contributed by atoms with Crippen molar-refractivity contribution >= 4 is 28.7 Å². The molecule has 1 aliphatic rings. The van der Waals surface area contributed by atoms with Gasteiger partial charge in [0.15, 0.2) is 0 Å². The van der Waals surface area contributed by atoms with Crippen LogP contribution >= 0.6 is 11.8 Å². The number of fused-ring (bicyclic) bond motifs is 1. The fourth-order valence-corrected chi connectivity index (χ4v) is 4.26. The molecular weight excluding hydrogens is 242 g/mol. The zero-order chi connectivity index (χ0) is 12.5. The zero-order valence-electron chi connectivity index (χ0n) is 10.7. The number of benzene rings is 1. The average molecular weight is 261 g/mol. The van der Waals surface area contributed by atoms with Gasteiger partial charge in [-0.25, -0.2) is 4.98 Å². The van der Waals surface area contributed by atoms with E-state index in [9.17, 15) is 0 Å². The lowest BCUT2D eigenvalue weighted by atomic mass is 10.2. The molecule has 0 bridgehead atoms. The van der Waals surface area contributed by atoms with Crippen molar-refractivity contribution in [2.45, 2.75) is 37.5 Å². The van der Waals surface area contributed by atoms with E-state index in [1.165, 1.54) is 30.5 Å². The van der Waals surface area contributed by atoms with Gasteiger partial charge in [-0.15, -0.1) is 0 Å². The number of imidazole rings is 1. The molecule has 1 heterocycles. The van der Waals surface area contributed by atoms with Crippen LogP contribution in [-0.4, -0.2) is 20.6 Å². The highest BCUT2D eigenvalue weighted by molar-refractivity contribution is 7.99. The molecule has 1 aliphatic carbocycles. The highest BCUT2D eigenvalue weighted by Crippen LogP contribution is 2.41. The number of hydrogen-bond donors (Lipinski definition) is 1. The molecule has 0 radical (unpaired) electrons. The average Bonchev–Trinajstić information content (AvgIpc) is 2.92. The van der Waals surface area contributed by atoms with Gasteiger partial charge in [-0.3, -0.25) is 0 Å². The lowest BCUT2D eigenvalue weighted by molar-refractivity contribution is 0.549. The van der Waals surface area contributed by atoms with E-state index >= 15 is 0 Å². The van der Waals surface area contributed by atoms with Crippen molar-refractivity contribution in [2.24, 2.45) is 0 Å². The van der Waals surface area contributed by atoms with Crippen LogP contribution in [0.5, 0.6) is 0 Å². The molecule has 1 aromatic carbocycles. The van der Waals surface area contributed by atoms with Crippen molar-refractivity contribution in [3.05, 3.63) is 24.3 Å². The topological polar surface area (TPSA) is 43.8 Å². The second kappa shape index (κ2) is 4.84. The van der Waals surface area contributed by atoms with E-state index in [1.54, 1.807) is 0 Å². The maximum absolute atomic E-state index is 6.13. The highest BCUT2D eigenvalue weighted by atomic mass is 32.2. The Balaban J connectivity index is 2.05. The van der Waals surface area contributed by atoms with Crippen LogP contribution in [0.15, 0.2) is 24.3 Å². The first-order valence-corrected chi connectivity index (χ1v) is 7.70. The fraction of sp³-hybridized carbons (Fsp3) is 0.500. The summed E-state index contributed by atoms with van der Waals surface area (Å²) in [5.74, 6) is 1.85. The summed E-state index contributed by atoms with van der Waals surface area (Å²) >= 11 is 2.06. The van der Waals surface area contributed by atoms with Crippen molar-refractivity contribution in [3.8, 4) is 0 Å². The van der Waals surface area contributed by atoms with Crippen molar-refractivity contribution in [3.63, 3.8) is 0 Å². The molecule has 96 valence electrons. The number of aromatic nitrogens is 2. The van der Waals surface area contributed by atoms with Crippen LogP contribution < -0.4 is 5.73 Å². The van der Waals surface area contributed by atoms with Crippen LogP contribution in [0, 0.1) is 0 Å². The molecule has 1 fully saturated rings. The lowest BCUT2D eigenvalue weighted by Crippen LogP contribution is -2.18. The molecule has 3 nitrogen and oxygen atoms in total. The third-order valence-corrected chi connectivity index (χ3v) is 5.06. The zero-order valence-corrected chi connectivity index (χ0v) is 11.5. The van der Waals surface area contributed by atoms with Crippen LogP contribution in [0.3, 0.4) is 0 Å². The number of nitrogens with two attached hydrogens (primary N) is 1. The van der Waals surface area contributed by atoms with Gasteiger partial charge in [0.25, 0.3) is 0 Å². The van der Waals surface area contributed by atoms with E-state index in [-0.39, 0.29) is 0 Å². The van der Waals surface area contributed by atoms with E-state index in [0.717, 1.165) is 5.52 Å². The minimum absolute atomic E-state index is 0.516. The fourth-order valence-electron chi connectivity index (χ4n) is 3.02. The second-order valence-electron chi connectivity index (χ2n) is 4.82. The summed E-state index contributed by atoms with van der Waals surface area (Å²) in [6.45, 7) is 2.23. The summed E-state index contributed by atoms with van der Waals surface area (Å²) in [4.78, 5) is 4.48. The number of nitrogens with zero attached hydrogens (tertiary/aromatic N) is 2. The first-order valence-electron chi connectivity index (χ1n) is 6.65. The van der Waals surface area contributed by atoms with Crippen molar-refractivity contribution in [1.29, 1.82) is 0 Å². The maximum atomic E-state index is 6.13. The van der Waals surface area contributed by atoms with E-state index in [1.807, 2.05) is 12.1 Å². The lowest BCUT2D eigenvalue weighted by Gasteiger charge is -2.22. The van der Waals surface area contributed by atoms with Gasteiger partial charge in [0.05, 0.1) is 11.0 Å². The normalized spacial score (nSPS) is 23.8. The molecule has 2 atom stereocenters. The quantitative estimate of drug-likeness (QED) is 0.920. The van der Waals surface area contributed by atoms with E-state index in [0.29, 0.717) is 17.2 Å². The summed E-state index contributed by atoms with van der Waals surface area (Å²) in [5, 5.41) is 0.690. The van der Waals surface area contributed by atoms with Gasteiger partial charge < -0.3 is 10.3 Å². The predicted octanol–water partition coefficient (Wildman–Crippen LogP) is 3.47. The van der Waals surface area contributed by atoms with Gasteiger partial charge in [-0.2, -0.15) is 11.8 Å². The first kappa shape index (κ1) is 11.9. The molecule has 2 N–H and O–H groups in total. The molecule has 2 unspecified atom stereocenters. The SMILES string of the molecule is CCSC1CCCC1n1c(N)nc2ccccc21. The maximum Gasteiger partial charge on any atom is 0.201 e. The Morgan fingerprint density at radius 3 is 3.06 bits per heavy atom. The Morgan fingerprint density at radius 2 is 2.22 bits per heavy atom. The van der Waals surface area contributed by atoms with Crippen LogP contribution in [-0.2, 0) is 0 Å². The Bertz CT molecular complexity index is 549. The van der Waals surface area contributed by atoms with Gasteiger partial charge in [0.2, 0.25) is 5.95 Å². The molecule has 0 spiro atoms. The molecule has 0 saturated heterocycles. The molecule has 0 aliphatic heterocycles. The second-order valence-corrected chi connectivity index (χ2v) is 6.34. The Labute approximate surface area is 112 Å². The summed E-state index contributed by atoms with van der Waals surface area (Å²) in [7, 11) is 0. The molecule has 4 heteroatoms. The summed E-state index contributed by atoms with van der Waals surface area (Å²) in [6.07, 6.45) is 3.83. The third-order valence-electron chi connectivity index (χ3n) is 3.75.